The number of benzene rings is 1. The average molecular weight is 402 g/mol. The fraction of sp³-hybridized carbons (Fsp3) is 0.652. The van der Waals surface area contributed by atoms with Crippen molar-refractivity contribution in [1.29, 1.82) is 0 Å². The van der Waals surface area contributed by atoms with Crippen molar-refractivity contribution in [2.75, 3.05) is 33.7 Å². The number of hydrogen-bond donors (Lipinski definition) is 2. The molecule has 1 aromatic carbocycles. The van der Waals surface area contributed by atoms with Crippen LogP contribution in [0.4, 0.5) is 0 Å². The summed E-state index contributed by atoms with van der Waals surface area (Å²) >= 11 is 0. The van der Waals surface area contributed by atoms with Crippen LogP contribution in [0.2, 0.25) is 0 Å². The first-order chi connectivity index (χ1) is 13.6. The molecule has 2 fully saturated rings. The van der Waals surface area contributed by atoms with Crippen LogP contribution in [0.15, 0.2) is 30.3 Å². The van der Waals surface area contributed by atoms with E-state index in [0.29, 0.717) is 13.0 Å². The van der Waals surface area contributed by atoms with E-state index >= 15 is 0 Å². The van der Waals surface area contributed by atoms with Crippen LogP contribution in [-0.4, -0.2) is 66.1 Å². The topological polar surface area (TPSA) is 72.9 Å². The molecule has 1 aliphatic heterocycles. The third-order valence-corrected chi connectivity index (χ3v) is 6.76. The van der Waals surface area contributed by atoms with Crippen molar-refractivity contribution in [2.24, 2.45) is 5.41 Å². The smallest absolute Gasteiger partial charge is 0.239 e. The molecular formula is C23H35N3O3. The normalized spacial score (nSPS) is 27.7. The first kappa shape index (κ1) is 21.8. The second-order valence-corrected chi connectivity index (χ2v) is 9.81. The molecule has 2 N–H and O–H groups in total. The van der Waals surface area contributed by atoms with E-state index in [2.05, 4.69) is 48.6 Å². The number of nitrogens with one attached hydrogen (secondary N) is 1. The number of carbonyl (C=O) groups excluding carboxylic acids is 2. The molecule has 0 bridgehead atoms. The van der Waals surface area contributed by atoms with E-state index in [0.717, 1.165) is 25.7 Å². The van der Waals surface area contributed by atoms with Crippen molar-refractivity contribution in [3.8, 4) is 0 Å². The summed E-state index contributed by atoms with van der Waals surface area (Å²) < 4.78 is 0. The monoisotopic (exact) mass is 401 g/mol. The summed E-state index contributed by atoms with van der Waals surface area (Å²) in [4.78, 5) is 28.9. The summed E-state index contributed by atoms with van der Waals surface area (Å²) in [6.07, 6.45) is 4.51. The van der Waals surface area contributed by atoms with Crippen LogP contribution in [-0.2, 0) is 15.1 Å². The lowest BCUT2D eigenvalue weighted by molar-refractivity contribution is -0.133. The number of rotatable bonds is 6. The van der Waals surface area contributed by atoms with Crippen LogP contribution in [0, 0.1) is 5.41 Å². The predicted molar refractivity (Wildman–Crippen MR) is 113 cm³/mol. The van der Waals surface area contributed by atoms with Crippen molar-refractivity contribution >= 4 is 11.8 Å². The molecule has 0 radical (unpaired) electrons. The van der Waals surface area contributed by atoms with Crippen LogP contribution in [0.3, 0.4) is 0 Å². The lowest BCUT2D eigenvalue weighted by Gasteiger charge is -2.48. The maximum atomic E-state index is 12.6. The molecule has 1 saturated heterocycles. The molecule has 160 valence electrons. The fourth-order valence-corrected chi connectivity index (χ4v) is 4.94. The highest BCUT2D eigenvalue weighted by molar-refractivity contribution is 5.86. The van der Waals surface area contributed by atoms with Crippen LogP contribution in [0.25, 0.3) is 0 Å². The van der Waals surface area contributed by atoms with Crippen LogP contribution >= 0.6 is 0 Å². The Morgan fingerprint density at radius 1 is 1.17 bits per heavy atom. The summed E-state index contributed by atoms with van der Waals surface area (Å²) in [5, 5.41) is 12.5. The van der Waals surface area contributed by atoms with Gasteiger partial charge in [-0.3, -0.25) is 14.5 Å². The summed E-state index contributed by atoms with van der Waals surface area (Å²) in [6.45, 7) is 4.21. The minimum atomic E-state index is -0.956. The zero-order chi connectivity index (χ0) is 21.3. The lowest BCUT2D eigenvalue weighted by Crippen LogP contribution is -2.48. The second-order valence-electron chi connectivity index (χ2n) is 9.81. The van der Waals surface area contributed by atoms with Crippen LogP contribution in [0.1, 0.15) is 51.5 Å². The van der Waals surface area contributed by atoms with E-state index in [1.807, 2.05) is 6.07 Å². The standard InChI is InChI=1S/C23H35N3O3/c1-21(2,29)16-24-19(27)15-26-17-22(14-20(26)28)10-12-23(13-11-22,25(3)4)18-8-6-5-7-9-18/h5-9,29H,10-17H2,1-4H3,(H,24,27)/t22-,23-. The highest BCUT2D eigenvalue weighted by Crippen LogP contribution is 2.52. The Morgan fingerprint density at radius 3 is 2.34 bits per heavy atom. The van der Waals surface area contributed by atoms with Crippen molar-refractivity contribution in [3.05, 3.63) is 35.9 Å². The molecule has 6 nitrogen and oxygen atoms in total. The van der Waals surface area contributed by atoms with Crippen molar-refractivity contribution in [1.82, 2.24) is 15.1 Å². The molecule has 2 amide bonds. The zero-order valence-electron chi connectivity index (χ0n) is 18.2. The first-order valence-corrected chi connectivity index (χ1v) is 10.6. The van der Waals surface area contributed by atoms with Gasteiger partial charge in [-0.25, -0.2) is 0 Å². The molecule has 1 aliphatic carbocycles. The molecule has 1 aromatic rings. The zero-order valence-corrected chi connectivity index (χ0v) is 18.2. The maximum absolute atomic E-state index is 12.6. The third kappa shape index (κ3) is 4.81. The Kier molecular flexibility index (Phi) is 6.06. The molecule has 1 spiro atoms. The van der Waals surface area contributed by atoms with Gasteiger partial charge in [0.05, 0.1) is 12.1 Å². The van der Waals surface area contributed by atoms with Gasteiger partial charge in [0.1, 0.15) is 0 Å². The van der Waals surface area contributed by atoms with Crippen LogP contribution in [0.5, 0.6) is 0 Å². The molecule has 29 heavy (non-hydrogen) atoms. The van der Waals surface area contributed by atoms with Gasteiger partial charge in [-0.2, -0.15) is 0 Å². The molecule has 1 saturated carbocycles. The van der Waals surface area contributed by atoms with E-state index in [1.54, 1.807) is 18.7 Å². The van der Waals surface area contributed by atoms with Crippen molar-refractivity contribution in [2.45, 2.75) is 57.1 Å². The fourth-order valence-electron chi connectivity index (χ4n) is 4.94. The minimum absolute atomic E-state index is 0.00701. The quantitative estimate of drug-likeness (QED) is 0.766. The minimum Gasteiger partial charge on any atom is -0.389 e. The summed E-state index contributed by atoms with van der Waals surface area (Å²) in [6, 6.07) is 10.7. The molecule has 0 aromatic heterocycles. The van der Waals surface area contributed by atoms with Gasteiger partial charge in [0, 0.05) is 25.0 Å². The SMILES string of the molecule is CN(C)[C@]1(c2ccccc2)CC[C@@]2(CC1)CC(=O)N(CC(=O)NCC(C)(C)O)C2. The molecular weight excluding hydrogens is 366 g/mol. The van der Waals surface area contributed by atoms with Gasteiger partial charge in [-0.15, -0.1) is 0 Å². The van der Waals surface area contributed by atoms with E-state index in [1.165, 1.54) is 5.56 Å². The molecule has 0 atom stereocenters. The number of likely N-dealkylation sites (tertiary alicyclic amines) is 1. The lowest BCUT2D eigenvalue weighted by atomic mass is 9.64. The number of nitrogens with zero attached hydrogens (tertiary/aromatic N) is 2. The third-order valence-electron chi connectivity index (χ3n) is 6.76. The maximum Gasteiger partial charge on any atom is 0.239 e. The Labute approximate surface area is 174 Å². The summed E-state index contributed by atoms with van der Waals surface area (Å²) in [5.74, 6) is -0.138. The largest absolute Gasteiger partial charge is 0.389 e. The number of carbonyl (C=O) groups is 2. The molecule has 2 aliphatic rings. The number of amides is 2. The summed E-state index contributed by atoms with van der Waals surface area (Å²) in [5.41, 5.74) is 0.365. The highest BCUT2D eigenvalue weighted by Gasteiger charge is 2.50. The van der Waals surface area contributed by atoms with Crippen molar-refractivity contribution in [3.63, 3.8) is 0 Å². The predicted octanol–water partition coefficient (Wildman–Crippen LogP) is 2.12. The van der Waals surface area contributed by atoms with Crippen molar-refractivity contribution < 1.29 is 14.7 Å². The highest BCUT2D eigenvalue weighted by atomic mass is 16.3. The van der Waals surface area contributed by atoms with Gasteiger partial charge in [-0.05, 0) is 64.6 Å². The van der Waals surface area contributed by atoms with Crippen LogP contribution < -0.4 is 5.32 Å². The Bertz CT molecular complexity index is 731. The van der Waals surface area contributed by atoms with Gasteiger partial charge >= 0.3 is 0 Å². The van der Waals surface area contributed by atoms with E-state index in [4.69, 9.17) is 0 Å². The van der Waals surface area contributed by atoms with E-state index in [9.17, 15) is 14.7 Å². The van der Waals surface area contributed by atoms with Gasteiger partial charge in [-0.1, -0.05) is 30.3 Å². The average Bonchev–Trinajstić information content (AvgIpc) is 2.96. The number of aliphatic hydroxyl groups is 1. The van der Waals surface area contributed by atoms with Gasteiger partial charge < -0.3 is 15.3 Å². The second kappa shape index (κ2) is 8.07. The van der Waals surface area contributed by atoms with Gasteiger partial charge in [0.2, 0.25) is 11.8 Å². The van der Waals surface area contributed by atoms with Gasteiger partial charge in [0.25, 0.3) is 0 Å². The summed E-state index contributed by atoms with van der Waals surface area (Å²) in [7, 11) is 4.29. The Balaban J connectivity index is 1.63. The molecule has 0 unspecified atom stereocenters. The Hall–Kier alpha value is -1.92. The number of hydrogen-bond acceptors (Lipinski definition) is 4. The Morgan fingerprint density at radius 2 is 1.79 bits per heavy atom. The molecule has 6 heteroatoms. The van der Waals surface area contributed by atoms with Gasteiger partial charge in [0.15, 0.2) is 0 Å². The van der Waals surface area contributed by atoms with E-state index < -0.39 is 5.60 Å². The molecule has 3 rings (SSSR count). The first-order valence-electron chi connectivity index (χ1n) is 10.6. The van der Waals surface area contributed by atoms with E-state index in [-0.39, 0.29) is 35.9 Å². The molecule has 1 heterocycles.